The molecule has 1 aliphatic rings. The summed E-state index contributed by atoms with van der Waals surface area (Å²) in [5.41, 5.74) is 14.8. The molecule has 4 aromatic carbocycles. The first-order valence-electron chi connectivity index (χ1n) is 14.0. The van der Waals surface area contributed by atoms with Crippen molar-refractivity contribution in [1.29, 1.82) is 0 Å². The van der Waals surface area contributed by atoms with Crippen LogP contribution in [0.4, 0.5) is 0 Å². The second-order valence-corrected chi connectivity index (χ2v) is 10.6. The second kappa shape index (κ2) is 10.1. The van der Waals surface area contributed by atoms with Crippen LogP contribution in [0.1, 0.15) is 28.9 Å². The monoisotopic (exact) mass is 514 g/mol. The van der Waals surface area contributed by atoms with Crippen LogP contribution in [0.3, 0.4) is 0 Å². The van der Waals surface area contributed by atoms with Crippen LogP contribution in [0.25, 0.3) is 61.4 Å². The van der Waals surface area contributed by atoms with Gasteiger partial charge in [-0.15, -0.1) is 0 Å². The van der Waals surface area contributed by atoms with Gasteiger partial charge in [0.05, 0.1) is 0 Å². The van der Waals surface area contributed by atoms with E-state index in [1.165, 1.54) is 66.4 Å². The molecular weight excluding hydrogens is 484 g/mol. The lowest BCUT2D eigenvalue weighted by atomic mass is 9.79. The van der Waals surface area contributed by atoms with Gasteiger partial charge < -0.3 is 0 Å². The Balaban J connectivity index is 1.49. The van der Waals surface area contributed by atoms with E-state index in [0.29, 0.717) is 0 Å². The highest BCUT2D eigenvalue weighted by Gasteiger charge is 2.22. The summed E-state index contributed by atoms with van der Waals surface area (Å²) >= 11 is 0. The van der Waals surface area contributed by atoms with E-state index >= 15 is 0 Å². The third kappa shape index (κ3) is 4.13. The van der Waals surface area contributed by atoms with Crippen LogP contribution in [-0.4, -0.2) is 9.97 Å². The molecule has 0 saturated carbocycles. The SMILES string of the molecule is Cc1ncccc1-c1cccc(-c2c3c(c(-c4cccc(-c5cccnc5C)c4)c4ccccc24)CCC=C3)c1. The Hall–Kier alpha value is -4.82. The summed E-state index contributed by atoms with van der Waals surface area (Å²) in [6.45, 7) is 4.16. The highest BCUT2D eigenvalue weighted by molar-refractivity contribution is 6.10. The Morgan fingerprint density at radius 3 is 1.70 bits per heavy atom. The summed E-state index contributed by atoms with van der Waals surface area (Å²) in [6.07, 6.45) is 10.5. The smallest absolute Gasteiger partial charge is 0.0450 e. The zero-order valence-electron chi connectivity index (χ0n) is 22.9. The van der Waals surface area contributed by atoms with Crippen LogP contribution in [0, 0.1) is 13.8 Å². The number of aromatic nitrogens is 2. The molecule has 0 N–H and O–H groups in total. The first-order valence-corrected chi connectivity index (χ1v) is 14.0. The summed E-state index contributed by atoms with van der Waals surface area (Å²) in [5.74, 6) is 0. The maximum absolute atomic E-state index is 4.54. The summed E-state index contributed by atoms with van der Waals surface area (Å²) in [6, 6.07) is 35.2. The standard InChI is InChI=1S/C38H30N2/c1-25-31(19-9-21-39-25)27-11-7-13-29(23-27)37-33-15-3-5-17-35(33)38(36-18-6-4-16-34(36)37)30-14-8-12-28(24-30)32-20-10-22-40-26(32)2/h3-5,7-17,19-24H,6,18H2,1-2H3. The zero-order chi connectivity index (χ0) is 27.1. The van der Waals surface area contributed by atoms with Gasteiger partial charge >= 0.3 is 0 Å². The minimum absolute atomic E-state index is 1.02. The molecule has 2 heteroatoms. The van der Waals surface area contributed by atoms with Gasteiger partial charge in [-0.2, -0.15) is 0 Å². The molecule has 2 nitrogen and oxygen atoms in total. The molecule has 40 heavy (non-hydrogen) atoms. The van der Waals surface area contributed by atoms with Crippen molar-refractivity contribution in [3.05, 3.63) is 138 Å². The molecule has 0 fully saturated rings. The number of hydrogen-bond acceptors (Lipinski definition) is 2. The number of benzene rings is 4. The Morgan fingerprint density at radius 2 is 1.10 bits per heavy atom. The summed E-state index contributed by atoms with van der Waals surface area (Å²) < 4.78 is 0. The van der Waals surface area contributed by atoms with Crippen LogP contribution < -0.4 is 0 Å². The molecule has 0 unspecified atom stereocenters. The second-order valence-electron chi connectivity index (χ2n) is 10.6. The third-order valence-electron chi connectivity index (χ3n) is 8.15. The van der Waals surface area contributed by atoms with E-state index < -0.39 is 0 Å². The fraction of sp³-hybridized carbons (Fsp3) is 0.105. The molecule has 0 bridgehead atoms. The number of rotatable bonds is 4. The molecule has 0 amide bonds. The Labute approximate surface area is 235 Å². The molecule has 0 radical (unpaired) electrons. The minimum atomic E-state index is 1.02. The highest BCUT2D eigenvalue weighted by Crippen LogP contribution is 2.45. The number of pyridine rings is 2. The van der Waals surface area contributed by atoms with Crippen molar-refractivity contribution >= 4 is 16.8 Å². The van der Waals surface area contributed by atoms with Gasteiger partial charge in [-0.3, -0.25) is 9.97 Å². The molecule has 2 heterocycles. The number of hydrogen-bond donors (Lipinski definition) is 0. The van der Waals surface area contributed by atoms with Crippen molar-refractivity contribution in [2.75, 3.05) is 0 Å². The fourth-order valence-electron chi connectivity index (χ4n) is 6.29. The zero-order valence-corrected chi connectivity index (χ0v) is 22.9. The summed E-state index contributed by atoms with van der Waals surface area (Å²) in [4.78, 5) is 9.09. The molecule has 6 aromatic rings. The van der Waals surface area contributed by atoms with Gasteiger partial charge in [-0.25, -0.2) is 0 Å². The van der Waals surface area contributed by atoms with Gasteiger partial charge in [-0.1, -0.05) is 84.9 Å². The molecule has 0 saturated heterocycles. The Morgan fingerprint density at radius 1 is 0.550 bits per heavy atom. The summed E-state index contributed by atoms with van der Waals surface area (Å²) in [5, 5.41) is 2.58. The molecule has 0 aliphatic heterocycles. The van der Waals surface area contributed by atoms with Crippen molar-refractivity contribution < 1.29 is 0 Å². The average Bonchev–Trinajstić information content (AvgIpc) is 3.00. The molecular formula is C38H30N2. The maximum Gasteiger partial charge on any atom is 0.0450 e. The van der Waals surface area contributed by atoms with Crippen molar-refractivity contribution in [1.82, 2.24) is 9.97 Å². The first-order chi connectivity index (χ1) is 19.7. The van der Waals surface area contributed by atoms with Gasteiger partial charge in [0.15, 0.2) is 0 Å². The lowest BCUT2D eigenvalue weighted by Crippen LogP contribution is -2.02. The van der Waals surface area contributed by atoms with Gasteiger partial charge in [-0.05, 0) is 106 Å². The van der Waals surface area contributed by atoms with Crippen molar-refractivity contribution in [3.63, 3.8) is 0 Å². The van der Waals surface area contributed by atoms with Crippen molar-refractivity contribution in [2.45, 2.75) is 26.7 Å². The third-order valence-corrected chi connectivity index (χ3v) is 8.15. The average molecular weight is 515 g/mol. The van der Waals surface area contributed by atoms with Crippen LogP contribution >= 0.6 is 0 Å². The van der Waals surface area contributed by atoms with E-state index in [9.17, 15) is 0 Å². The predicted molar refractivity (Wildman–Crippen MR) is 168 cm³/mol. The largest absolute Gasteiger partial charge is 0.261 e. The highest BCUT2D eigenvalue weighted by atomic mass is 14.7. The molecule has 7 rings (SSSR count). The molecule has 2 aromatic heterocycles. The molecule has 0 spiro atoms. The number of allylic oxidation sites excluding steroid dienone is 1. The van der Waals surface area contributed by atoms with Crippen molar-refractivity contribution in [3.8, 4) is 44.5 Å². The summed E-state index contributed by atoms with van der Waals surface area (Å²) in [7, 11) is 0. The number of nitrogens with zero attached hydrogens (tertiary/aromatic N) is 2. The number of aryl methyl sites for hydroxylation is 2. The van der Waals surface area contributed by atoms with E-state index in [2.05, 4.69) is 121 Å². The predicted octanol–water partition coefficient (Wildman–Crippen LogP) is 9.87. The van der Waals surface area contributed by atoms with E-state index in [0.717, 1.165) is 24.2 Å². The lowest BCUT2D eigenvalue weighted by Gasteiger charge is -2.24. The first kappa shape index (κ1) is 24.2. The van der Waals surface area contributed by atoms with Crippen LogP contribution in [0.5, 0.6) is 0 Å². The van der Waals surface area contributed by atoms with Crippen LogP contribution in [0.2, 0.25) is 0 Å². The normalized spacial score (nSPS) is 12.4. The van der Waals surface area contributed by atoms with E-state index in [4.69, 9.17) is 0 Å². The van der Waals surface area contributed by atoms with Crippen LogP contribution in [-0.2, 0) is 6.42 Å². The van der Waals surface area contributed by atoms with E-state index in [1.54, 1.807) is 0 Å². The van der Waals surface area contributed by atoms with Crippen molar-refractivity contribution in [2.24, 2.45) is 0 Å². The maximum atomic E-state index is 4.54. The fourth-order valence-corrected chi connectivity index (χ4v) is 6.29. The van der Waals surface area contributed by atoms with Gasteiger partial charge in [0, 0.05) is 34.9 Å². The quantitative estimate of drug-likeness (QED) is 0.234. The Bertz CT molecular complexity index is 1930. The lowest BCUT2D eigenvalue weighted by molar-refractivity contribution is 0.991. The minimum Gasteiger partial charge on any atom is -0.261 e. The molecule has 1 aliphatic carbocycles. The van der Waals surface area contributed by atoms with Gasteiger partial charge in [0.2, 0.25) is 0 Å². The van der Waals surface area contributed by atoms with Gasteiger partial charge in [0.1, 0.15) is 0 Å². The van der Waals surface area contributed by atoms with E-state index in [-0.39, 0.29) is 0 Å². The topological polar surface area (TPSA) is 25.8 Å². The van der Waals surface area contributed by atoms with Gasteiger partial charge in [0.25, 0.3) is 0 Å². The number of fused-ring (bicyclic) bond motifs is 2. The molecule has 0 atom stereocenters. The van der Waals surface area contributed by atoms with E-state index in [1.807, 2.05) is 24.5 Å². The van der Waals surface area contributed by atoms with Crippen LogP contribution in [0.15, 0.2) is 116 Å². The Kier molecular flexibility index (Phi) is 6.09. The molecule has 192 valence electrons.